The molecular formula is C17H21N5. The van der Waals surface area contributed by atoms with Crippen molar-refractivity contribution < 1.29 is 0 Å². The number of benzene rings is 1. The van der Waals surface area contributed by atoms with Crippen LogP contribution in [-0.2, 0) is 6.54 Å². The molecule has 1 fully saturated rings. The summed E-state index contributed by atoms with van der Waals surface area (Å²) < 4.78 is 2.26. The normalized spacial score (nSPS) is 19.7. The summed E-state index contributed by atoms with van der Waals surface area (Å²) >= 11 is 0. The third kappa shape index (κ3) is 2.64. The Bertz CT molecular complexity index is 730. The lowest BCUT2D eigenvalue weighted by molar-refractivity contribution is 0.200. The average molecular weight is 295 g/mol. The van der Waals surface area contributed by atoms with Crippen molar-refractivity contribution in [3.8, 4) is 0 Å². The first-order chi connectivity index (χ1) is 10.9. The molecule has 1 aromatic carbocycles. The highest BCUT2D eigenvalue weighted by Crippen LogP contribution is 2.25. The SMILES string of the molecule is c1ccc2c(c1)ncn2CCN1CCC[C@H](c2ccn[nH]2)C1. The van der Waals surface area contributed by atoms with E-state index in [1.165, 1.54) is 30.6 Å². The number of H-pyrrole nitrogens is 1. The lowest BCUT2D eigenvalue weighted by Gasteiger charge is -2.32. The van der Waals surface area contributed by atoms with E-state index >= 15 is 0 Å². The van der Waals surface area contributed by atoms with Gasteiger partial charge < -0.3 is 9.47 Å². The van der Waals surface area contributed by atoms with Crippen molar-refractivity contribution in [1.82, 2.24) is 24.6 Å². The number of aromatic amines is 1. The predicted molar refractivity (Wildman–Crippen MR) is 86.7 cm³/mol. The molecule has 114 valence electrons. The van der Waals surface area contributed by atoms with Gasteiger partial charge in [0.05, 0.1) is 17.4 Å². The molecule has 0 unspecified atom stereocenters. The van der Waals surface area contributed by atoms with Crippen LogP contribution >= 0.6 is 0 Å². The van der Waals surface area contributed by atoms with E-state index in [1.807, 2.05) is 18.6 Å². The lowest BCUT2D eigenvalue weighted by atomic mass is 9.95. The van der Waals surface area contributed by atoms with Gasteiger partial charge in [0.15, 0.2) is 0 Å². The maximum atomic E-state index is 4.47. The van der Waals surface area contributed by atoms with Crippen molar-refractivity contribution >= 4 is 11.0 Å². The van der Waals surface area contributed by atoms with Gasteiger partial charge in [-0.2, -0.15) is 5.10 Å². The van der Waals surface area contributed by atoms with Gasteiger partial charge in [-0.3, -0.25) is 5.10 Å². The molecule has 0 spiro atoms. The molecule has 1 saturated heterocycles. The molecule has 0 radical (unpaired) electrons. The Labute approximate surface area is 130 Å². The van der Waals surface area contributed by atoms with Crippen LogP contribution in [0.5, 0.6) is 0 Å². The molecule has 1 aliphatic heterocycles. The summed E-state index contributed by atoms with van der Waals surface area (Å²) in [7, 11) is 0. The van der Waals surface area contributed by atoms with Gasteiger partial charge in [-0.25, -0.2) is 4.98 Å². The molecule has 0 aliphatic carbocycles. The molecule has 1 aliphatic rings. The first-order valence-electron chi connectivity index (χ1n) is 8.01. The second-order valence-corrected chi connectivity index (χ2v) is 6.08. The fourth-order valence-corrected chi connectivity index (χ4v) is 3.44. The highest BCUT2D eigenvalue weighted by Gasteiger charge is 2.22. The fraction of sp³-hybridized carbons (Fsp3) is 0.412. The van der Waals surface area contributed by atoms with Crippen molar-refractivity contribution in [2.75, 3.05) is 19.6 Å². The Morgan fingerprint density at radius 1 is 1.18 bits per heavy atom. The average Bonchev–Trinajstić information content (AvgIpc) is 3.23. The molecule has 3 heterocycles. The third-order valence-electron chi connectivity index (χ3n) is 4.65. The molecule has 5 heteroatoms. The van der Waals surface area contributed by atoms with Gasteiger partial charge in [-0.1, -0.05) is 12.1 Å². The maximum absolute atomic E-state index is 4.47. The molecule has 1 N–H and O–H groups in total. The number of hydrogen-bond acceptors (Lipinski definition) is 3. The van der Waals surface area contributed by atoms with Crippen LogP contribution in [0, 0.1) is 0 Å². The van der Waals surface area contributed by atoms with E-state index in [2.05, 4.69) is 48.9 Å². The molecule has 4 rings (SSSR count). The molecule has 0 saturated carbocycles. The second-order valence-electron chi connectivity index (χ2n) is 6.08. The minimum Gasteiger partial charge on any atom is -0.329 e. The molecule has 0 amide bonds. The minimum atomic E-state index is 0.593. The van der Waals surface area contributed by atoms with Crippen molar-refractivity contribution in [3.63, 3.8) is 0 Å². The Balaban J connectivity index is 1.41. The summed E-state index contributed by atoms with van der Waals surface area (Å²) in [6.07, 6.45) is 6.33. The Hall–Kier alpha value is -2.14. The van der Waals surface area contributed by atoms with Crippen LogP contribution in [0.2, 0.25) is 0 Å². The van der Waals surface area contributed by atoms with Gasteiger partial charge in [0, 0.05) is 37.4 Å². The molecule has 22 heavy (non-hydrogen) atoms. The molecule has 3 aromatic rings. The van der Waals surface area contributed by atoms with Crippen LogP contribution < -0.4 is 0 Å². The monoisotopic (exact) mass is 295 g/mol. The minimum absolute atomic E-state index is 0.593. The fourth-order valence-electron chi connectivity index (χ4n) is 3.44. The molecule has 2 aromatic heterocycles. The van der Waals surface area contributed by atoms with Crippen LogP contribution in [0.3, 0.4) is 0 Å². The number of nitrogens with one attached hydrogen (secondary N) is 1. The standard InChI is InChI=1S/C17H21N5/c1-2-6-17-16(5-1)18-13-22(17)11-10-21-9-3-4-14(12-21)15-7-8-19-20-15/h1-2,5-8,13-14H,3-4,9-12H2,(H,19,20)/t14-/m0/s1. The summed E-state index contributed by atoms with van der Waals surface area (Å²) in [5, 5.41) is 7.22. The number of piperidine rings is 1. The van der Waals surface area contributed by atoms with Crippen LogP contribution in [-0.4, -0.2) is 44.3 Å². The van der Waals surface area contributed by atoms with Crippen molar-refractivity contribution in [1.29, 1.82) is 0 Å². The van der Waals surface area contributed by atoms with E-state index in [9.17, 15) is 0 Å². The van der Waals surface area contributed by atoms with Crippen molar-refractivity contribution in [2.24, 2.45) is 0 Å². The Morgan fingerprint density at radius 2 is 2.14 bits per heavy atom. The van der Waals surface area contributed by atoms with E-state index in [0.29, 0.717) is 5.92 Å². The lowest BCUT2D eigenvalue weighted by Crippen LogP contribution is -2.36. The van der Waals surface area contributed by atoms with Crippen LogP contribution in [0.15, 0.2) is 42.9 Å². The summed E-state index contributed by atoms with van der Waals surface area (Å²) in [5.41, 5.74) is 3.58. The van der Waals surface area contributed by atoms with Gasteiger partial charge in [0.25, 0.3) is 0 Å². The highest BCUT2D eigenvalue weighted by atomic mass is 15.2. The van der Waals surface area contributed by atoms with Crippen LogP contribution in [0.25, 0.3) is 11.0 Å². The zero-order valence-electron chi connectivity index (χ0n) is 12.7. The Morgan fingerprint density at radius 3 is 3.05 bits per heavy atom. The van der Waals surface area contributed by atoms with Crippen LogP contribution in [0.1, 0.15) is 24.5 Å². The summed E-state index contributed by atoms with van der Waals surface area (Å²) in [4.78, 5) is 7.03. The maximum Gasteiger partial charge on any atom is 0.0958 e. The second kappa shape index (κ2) is 5.93. The highest BCUT2D eigenvalue weighted by molar-refractivity contribution is 5.74. The number of hydrogen-bond donors (Lipinski definition) is 1. The molecule has 0 bridgehead atoms. The molecule has 1 atom stereocenters. The van der Waals surface area contributed by atoms with E-state index < -0.39 is 0 Å². The van der Waals surface area contributed by atoms with Crippen molar-refractivity contribution in [2.45, 2.75) is 25.3 Å². The molecule has 5 nitrogen and oxygen atoms in total. The number of aromatic nitrogens is 4. The quantitative estimate of drug-likeness (QED) is 0.805. The topological polar surface area (TPSA) is 49.7 Å². The zero-order chi connectivity index (χ0) is 14.8. The Kier molecular flexibility index (Phi) is 3.64. The van der Waals surface area contributed by atoms with Crippen molar-refractivity contribution in [3.05, 3.63) is 48.5 Å². The number of para-hydroxylation sites is 2. The zero-order valence-corrected chi connectivity index (χ0v) is 12.7. The van der Waals surface area contributed by atoms with Crippen LogP contribution in [0.4, 0.5) is 0 Å². The predicted octanol–water partition coefficient (Wildman–Crippen LogP) is 2.64. The first kappa shape index (κ1) is 13.5. The number of fused-ring (bicyclic) bond motifs is 1. The van der Waals surface area contributed by atoms with Gasteiger partial charge >= 0.3 is 0 Å². The summed E-state index contributed by atoms with van der Waals surface area (Å²) in [6, 6.07) is 10.4. The number of nitrogens with zero attached hydrogens (tertiary/aromatic N) is 4. The van der Waals surface area contributed by atoms with Gasteiger partial charge in [0.2, 0.25) is 0 Å². The molecular weight excluding hydrogens is 274 g/mol. The first-order valence-corrected chi connectivity index (χ1v) is 8.01. The van der Waals surface area contributed by atoms with Gasteiger partial charge in [0.1, 0.15) is 0 Å². The van der Waals surface area contributed by atoms with E-state index in [1.54, 1.807) is 0 Å². The van der Waals surface area contributed by atoms with Gasteiger partial charge in [-0.15, -0.1) is 0 Å². The number of imidazole rings is 1. The summed E-state index contributed by atoms with van der Waals surface area (Å²) in [6.45, 7) is 4.38. The number of likely N-dealkylation sites (tertiary alicyclic amines) is 1. The van der Waals surface area contributed by atoms with E-state index in [4.69, 9.17) is 0 Å². The smallest absolute Gasteiger partial charge is 0.0958 e. The largest absolute Gasteiger partial charge is 0.329 e. The van der Waals surface area contributed by atoms with Gasteiger partial charge in [-0.05, 0) is 37.6 Å². The number of rotatable bonds is 4. The van der Waals surface area contributed by atoms with E-state index in [0.717, 1.165) is 25.2 Å². The van der Waals surface area contributed by atoms with E-state index in [-0.39, 0.29) is 0 Å². The summed E-state index contributed by atoms with van der Waals surface area (Å²) in [5.74, 6) is 0.593. The third-order valence-corrected chi connectivity index (χ3v) is 4.65.